The first-order chi connectivity index (χ1) is 9.11. The maximum atomic E-state index is 5.56. The zero-order valence-electron chi connectivity index (χ0n) is 12.6. The van der Waals surface area contributed by atoms with Gasteiger partial charge in [-0.2, -0.15) is 4.98 Å². The fourth-order valence-corrected chi connectivity index (χ4v) is 1.89. The van der Waals surface area contributed by atoms with E-state index < -0.39 is 0 Å². The van der Waals surface area contributed by atoms with Crippen LogP contribution in [0.25, 0.3) is 0 Å². The fraction of sp³-hybridized carbons (Fsp3) is 0.733. The number of unbranched alkanes of at least 4 members (excludes halogenated alkanes) is 3. The Morgan fingerprint density at radius 1 is 1.21 bits per heavy atom. The van der Waals surface area contributed by atoms with Crippen molar-refractivity contribution in [2.24, 2.45) is 0 Å². The molecule has 1 rings (SSSR count). The first-order valence-electron chi connectivity index (χ1n) is 7.38. The summed E-state index contributed by atoms with van der Waals surface area (Å²) in [7, 11) is 0. The van der Waals surface area contributed by atoms with Crippen molar-refractivity contribution in [1.82, 2.24) is 9.97 Å². The number of hydrogen-bond acceptors (Lipinski definition) is 4. The highest BCUT2D eigenvalue weighted by Gasteiger charge is 2.06. The van der Waals surface area contributed by atoms with E-state index in [4.69, 9.17) is 4.74 Å². The summed E-state index contributed by atoms with van der Waals surface area (Å²) in [6.07, 6.45) is 8.18. The van der Waals surface area contributed by atoms with Gasteiger partial charge in [0.15, 0.2) is 0 Å². The van der Waals surface area contributed by atoms with Crippen molar-refractivity contribution in [3.05, 3.63) is 12.3 Å². The highest BCUT2D eigenvalue weighted by Crippen LogP contribution is 2.13. The van der Waals surface area contributed by atoms with Crippen molar-refractivity contribution in [2.45, 2.75) is 71.9 Å². The summed E-state index contributed by atoms with van der Waals surface area (Å²) >= 11 is 0. The zero-order valence-corrected chi connectivity index (χ0v) is 12.6. The van der Waals surface area contributed by atoms with E-state index in [1.165, 1.54) is 25.7 Å². The van der Waals surface area contributed by atoms with E-state index in [0.29, 0.717) is 17.9 Å². The normalized spacial score (nSPS) is 12.5. The summed E-state index contributed by atoms with van der Waals surface area (Å²) in [5, 5.41) is 3.33. The quantitative estimate of drug-likeness (QED) is 0.685. The molecule has 0 saturated carbocycles. The van der Waals surface area contributed by atoms with Crippen LogP contribution in [0, 0.1) is 0 Å². The van der Waals surface area contributed by atoms with Gasteiger partial charge >= 0.3 is 0 Å². The molecule has 1 aromatic heterocycles. The highest BCUT2D eigenvalue weighted by molar-refractivity contribution is 5.28. The molecule has 0 aliphatic carbocycles. The first-order valence-corrected chi connectivity index (χ1v) is 7.38. The Labute approximate surface area is 117 Å². The van der Waals surface area contributed by atoms with Gasteiger partial charge in [0.25, 0.3) is 0 Å². The molecule has 4 heteroatoms. The van der Waals surface area contributed by atoms with Gasteiger partial charge in [-0.05, 0) is 27.2 Å². The average molecular weight is 265 g/mol. The molecule has 0 radical (unpaired) electrons. The third kappa shape index (κ3) is 6.99. The number of anilines is 1. The Morgan fingerprint density at radius 3 is 2.68 bits per heavy atom. The maximum Gasteiger partial charge on any atom is 0.226 e. The van der Waals surface area contributed by atoms with Crippen LogP contribution >= 0.6 is 0 Å². The lowest BCUT2D eigenvalue weighted by Crippen LogP contribution is -2.17. The Morgan fingerprint density at radius 2 is 2.00 bits per heavy atom. The molecule has 1 N–H and O–H groups in total. The molecule has 0 spiro atoms. The summed E-state index contributed by atoms with van der Waals surface area (Å²) < 4.78 is 5.56. The van der Waals surface area contributed by atoms with Gasteiger partial charge in [0.1, 0.15) is 0 Å². The molecule has 0 amide bonds. The lowest BCUT2D eigenvalue weighted by molar-refractivity contribution is 0.232. The van der Waals surface area contributed by atoms with Crippen molar-refractivity contribution >= 4 is 5.95 Å². The van der Waals surface area contributed by atoms with Crippen LogP contribution in [0.1, 0.15) is 59.8 Å². The molecule has 1 atom stereocenters. The van der Waals surface area contributed by atoms with Crippen molar-refractivity contribution in [1.29, 1.82) is 0 Å². The Kier molecular flexibility index (Phi) is 7.23. The highest BCUT2D eigenvalue weighted by atomic mass is 16.5. The van der Waals surface area contributed by atoms with E-state index in [0.717, 1.165) is 6.42 Å². The van der Waals surface area contributed by atoms with Crippen LogP contribution in [-0.4, -0.2) is 22.1 Å². The van der Waals surface area contributed by atoms with Gasteiger partial charge in [0.05, 0.1) is 6.10 Å². The van der Waals surface area contributed by atoms with Gasteiger partial charge in [-0.15, -0.1) is 0 Å². The van der Waals surface area contributed by atoms with Gasteiger partial charge in [0.2, 0.25) is 11.8 Å². The predicted molar refractivity (Wildman–Crippen MR) is 79.6 cm³/mol. The number of rotatable bonds is 9. The molecule has 0 aliphatic rings. The molecule has 4 nitrogen and oxygen atoms in total. The minimum Gasteiger partial charge on any atom is -0.475 e. The molecule has 0 aromatic carbocycles. The van der Waals surface area contributed by atoms with Gasteiger partial charge in [-0.1, -0.05) is 32.6 Å². The second-order valence-corrected chi connectivity index (χ2v) is 5.28. The van der Waals surface area contributed by atoms with Crippen molar-refractivity contribution in [3.8, 4) is 5.88 Å². The molecular weight excluding hydrogens is 238 g/mol. The molecule has 0 aliphatic heterocycles. The van der Waals surface area contributed by atoms with Crippen molar-refractivity contribution < 1.29 is 4.74 Å². The van der Waals surface area contributed by atoms with E-state index in [-0.39, 0.29) is 6.10 Å². The second-order valence-electron chi connectivity index (χ2n) is 5.28. The van der Waals surface area contributed by atoms with E-state index in [2.05, 4.69) is 29.1 Å². The van der Waals surface area contributed by atoms with Crippen LogP contribution < -0.4 is 10.1 Å². The summed E-state index contributed by atoms with van der Waals surface area (Å²) in [6.45, 7) is 8.39. The molecule has 108 valence electrons. The van der Waals surface area contributed by atoms with Gasteiger partial charge in [-0.3, -0.25) is 0 Å². The maximum absolute atomic E-state index is 5.56. The van der Waals surface area contributed by atoms with Crippen molar-refractivity contribution in [3.63, 3.8) is 0 Å². The van der Waals surface area contributed by atoms with Crippen LogP contribution in [-0.2, 0) is 0 Å². The summed E-state index contributed by atoms with van der Waals surface area (Å²) in [5.74, 6) is 1.28. The molecule has 19 heavy (non-hydrogen) atoms. The van der Waals surface area contributed by atoms with Crippen LogP contribution in [0.2, 0.25) is 0 Å². The minimum absolute atomic E-state index is 0.134. The van der Waals surface area contributed by atoms with E-state index in [1.807, 2.05) is 13.8 Å². The summed E-state index contributed by atoms with van der Waals surface area (Å²) in [4.78, 5) is 8.58. The largest absolute Gasteiger partial charge is 0.475 e. The molecule has 0 bridgehead atoms. The van der Waals surface area contributed by atoms with E-state index >= 15 is 0 Å². The number of nitrogens with one attached hydrogen (secondary N) is 1. The number of aromatic nitrogens is 2. The standard InChI is InChI=1S/C15H27N3O/c1-5-6-7-8-9-13(4)17-15-16-11-10-14(18-15)19-12(2)3/h10-13H,5-9H2,1-4H3,(H,16,17,18). The number of hydrogen-bond donors (Lipinski definition) is 1. The first kappa shape index (κ1) is 15.7. The zero-order chi connectivity index (χ0) is 14.1. The third-order valence-electron chi connectivity index (χ3n) is 2.85. The second kappa shape index (κ2) is 8.73. The molecule has 0 fully saturated rings. The van der Waals surface area contributed by atoms with Crippen LogP contribution in [0.5, 0.6) is 5.88 Å². The molecule has 1 unspecified atom stereocenters. The minimum atomic E-state index is 0.134. The lowest BCUT2D eigenvalue weighted by atomic mass is 10.1. The van der Waals surface area contributed by atoms with Crippen LogP contribution in [0.4, 0.5) is 5.95 Å². The van der Waals surface area contributed by atoms with Crippen LogP contribution in [0.15, 0.2) is 12.3 Å². The molecular formula is C15H27N3O. The Bertz CT molecular complexity index is 355. The Hall–Kier alpha value is -1.32. The topological polar surface area (TPSA) is 47.0 Å². The summed E-state index contributed by atoms with van der Waals surface area (Å²) in [6, 6.07) is 2.18. The SMILES string of the molecule is CCCCCCC(C)Nc1nccc(OC(C)C)n1. The molecule has 1 aromatic rings. The third-order valence-corrected chi connectivity index (χ3v) is 2.85. The van der Waals surface area contributed by atoms with Gasteiger partial charge in [0, 0.05) is 18.3 Å². The Balaban J connectivity index is 2.38. The van der Waals surface area contributed by atoms with Crippen molar-refractivity contribution in [2.75, 3.05) is 5.32 Å². The average Bonchev–Trinajstić information content (AvgIpc) is 2.34. The smallest absolute Gasteiger partial charge is 0.226 e. The molecule has 1 heterocycles. The summed E-state index contributed by atoms with van der Waals surface area (Å²) in [5.41, 5.74) is 0. The van der Waals surface area contributed by atoms with E-state index in [1.54, 1.807) is 12.3 Å². The predicted octanol–water partition coefficient (Wildman–Crippen LogP) is 4.03. The lowest BCUT2D eigenvalue weighted by Gasteiger charge is -2.14. The number of ether oxygens (including phenoxy) is 1. The molecule has 0 saturated heterocycles. The van der Waals surface area contributed by atoms with Gasteiger partial charge < -0.3 is 10.1 Å². The number of nitrogens with zero attached hydrogens (tertiary/aromatic N) is 2. The van der Waals surface area contributed by atoms with E-state index in [9.17, 15) is 0 Å². The van der Waals surface area contributed by atoms with Gasteiger partial charge in [-0.25, -0.2) is 4.98 Å². The monoisotopic (exact) mass is 265 g/mol. The fourth-order valence-electron chi connectivity index (χ4n) is 1.89. The van der Waals surface area contributed by atoms with Crippen LogP contribution in [0.3, 0.4) is 0 Å².